The average Bonchev–Trinajstić information content (AvgIpc) is 2.54. The monoisotopic (exact) mass is 348 g/mol. The van der Waals surface area contributed by atoms with Crippen molar-refractivity contribution in [3.05, 3.63) is 34.4 Å². The molecule has 0 radical (unpaired) electrons. The SMILES string of the molecule is O=C(O)C1CCC1C(=O)N1CCC(Oc2ccc([N+](=O)[O-])cc2)CC1. The highest BCUT2D eigenvalue weighted by atomic mass is 16.6. The van der Waals surface area contributed by atoms with Gasteiger partial charge in [0.05, 0.1) is 16.8 Å². The summed E-state index contributed by atoms with van der Waals surface area (Å²) >= 11 is 0. The van der Waals surface area contributed by atoms with Gasteiger partial charge in [0.15, 0.2) is 0 Å². The molecule has 3 rings (SSSR count). The van der Waals surface area contributed by atoms with Crippen molar-refractivity contribution in [1.29, 1.82) is 0 Å². The molecular formula is C17H20N2O6. The minimum atomic E-state index is -0.888. The van der Waals surface area contributed by atoms with E-state index in [0.717, 1.165) is 0 Å². The van der Waals surface area contributed by atoms with Crippen LogP contribution in [0.15, 0.2) is 24.3 Å². The maximum Gasteiger partial charge on any atom is 0.307 e. The maximum absolute atomic E-state index is 12.4. The molecule has 0 bridgehead atoms. The molecule has 2 fully saturated rings. The number of carbonyl (C=O) groups is 2. The highest BCUT2D eigenvalue weighted by Gasteiger charge is 2.43. The van der Waals surface area contributed by atoms with Gasteiger partial charge in [-0.05, 0) is 25.0 Å². The molecule has 2 atom stereocenters. The number of hydrogen-bond acceptors (Lipinski definition) is 5. The molecule has 1 amide bonds. The molecule has 134 valence electrons. The number of nitro groups is 1. The number of carboxylic acids is 1. The van der Waals surface area contributed by atoms with Crippen LogP contribution in [0, 0.1) is 22.0 Å². The van der Waals surface area contributed by atoms with Crippen molar-refractivity contribution >= 4 is 17.6 Å². The first-order chi connectivity index (χ1) is 12.0. The van der Waals surface area contributed by atoms with Crippen molar-refractivity contribution in [1.82, 2.24) is 4.90 Å². The lowest BCUT2D eigenvalue weighted by molar-refractivity contribution is -0.384. The Labute approximate surface area is 144 Å². The Bertz CT molecular complexity index is 666. The first kappa shape index (κ1) is 17.2. The second-order valence-corrected chi connectivity index (χ2v) is 6.52. The van der Waals surface area contributed by atoms with Gasteiger partial charge in [-0.25, -0.2) is 0 Å². The molecule has 1 N–H and O–H groups in total. The molecule has 0 aromatic heterocycles. The lowest BCUT2D eigenvalue weighted by Gasteiger charge is -2.39. The van der Waals surface area contributed by atoms with E-state index in [1.54, 1.807) is 17.0 Å². The van der Waals surface area contributed by atoms with Crippen molar-refractivity contribution in [3.8, 4) is 5.75 Å². The third-order valence-electron chi connectivity index (χ3n) is 5.01. The molecular weight excluding hydrogens is 328 g/mol. The summed E-state index contributed by atoms with van der Waals surface area (Å²) in [6.45, 7) is 1.08. The molecule has 8 nitrogen and oxygen atoms in total. The number of carboxylic acid groups (broad SMARTS) is 1. The van der Waals surface area contributed by atoms with Gasteiger partial charge in [0, 0.05) is 38.1 Å². The van der Waals surface area contributed by atoms with Crippen LogP contribution in [0.1, 0.15) is 25.7 Å². The van der Waals surface area contributed by atoms with E-state index in [1.807, 2.05) is 0 Å². The molecule has 1 aromatic rings. The first-order valence-corrected chi connectivity index (χ1v) is 8.38. The fraction of sp³-hybridized carbons (Fsp3) is 0.529. The quantitative estimate of drug-likeness (QED) is 0.644. The molecule has 1 aliphatic heterocycles. The van der Waals surface area contributed by atoms with Gasteiger partial charge in [0.25, 0.3) is 5.69 Å². The fourth-order valence-electron chi connectivity index (χ4n) is 3.36. The lowest BCUT2D eigenvalue weighted by Crippen LogP contribution is -2.49. The largest absolute Gasteiger partial charge is 0.490 e. The van der Waals surface area contributed by atoms with Crippen LogP contribution in [0.2, 0.25) is 0 Å². The van der Waals surface area contributed by atoms with Gasteiger partial charge in [-0.1, -0.05) is 0 Å². The van der Waals surface area contributed by atoms with Crippen molar-refractivity contribution in [2.45, 2.75) is 31.8 Å². The van der Waals surface area contributed by atoms with E-state index in [1.165, 1.54) is 12.1 Å². The Kier molecular flexibility index (Phi) is 4.87. The Morgan fingerprint density at radius 1 is 1.08 bits per heavy atom. The van der Waals surface area contributed by atoms with E-state index < -0.39 is 16.8 Å². The van der Waals surface area contributed by atoms with E-state index in [0.29, 0.717) is 44.5 Å². The van der Waals surface area contributed by atoms with Crippen molar-refractivity contribution in [3.63, 3.8) is 0 Å². The molecule has 1 saturated heterocycles. The molecule has 0 spiro atoms. The Morgan fingerprint density at radius 2 is 1.68 bits per heavy atom. The molecule has 1 aliphatic carbocycles. The number of ether oxygens (including phenoxy) is 1. The predicted octanol–water partition coefficient (Wildman–Crippen LogP) is 2.08. The zero-order valence-electron chi connectivity index (χ0n) is 13.7. The van der Waals surface area contributed by atoms with Crippen molar-refractivity contribution < 1.29 is 24.4 Å². The number of piperidine rings is 1. The summed E-state index contributed by atoms with van der Waals surface area (Å²) in [5.74, 6) is -1.31. The second-order valence-electron chi connectivity index (χ2n) is 6.52. The smallest absolute Gasteiger partial charge is 0.307 e. The summed E-state index contributed by atoms with van der Waals surface area (Å²) in [6, 6.07) is 5.94. The van der Waals surface area contributed by atoms with Gasteiger partial charge in [0.2, 0.25) is 5.91 Å². The number of amides is 1. The molecule has 25 heavy (non-hydrogen) atoms. The molecule has 1 heterocycles. The van der Waals surface area contributed by atoms with Crippen LogP contribution in [0.4, 0.5) is 5.69 Å². The molecule has 2 unspecified atom stereocenters. The van der Waals surface area contributed by atoms with Gasteiger partial charge in [-0.3, -0.25) is 19.7 Å². The number of carbonyl (C=O) groups excluding carboxylic acids is 1. The second kappa shape index (κ2) is 7.08. The van der Waals surface area contributed by atoms with Crippen LogP contribution >= 0.6 is 0 Å². The summed E-state index contributed by atoms with van der Waals surface area (Å²) in [5, 5.41) is 19.7. The van der Waals surface area contributed by atoms with Crippen LogP contribution in [0.25, 0.3) is 0 Å². The van der Waals surface area contributed by atoms with E-state index in [-0.39, 0.29) is 23.6 Å². The van der Waals surface area contributed by atoms with Gasteiger partial charge < -0.3 is 14.7 Å². The van der Waals surface area contributed by atoms with Gasteiger partial charge in [0.1, 0.15) is 11.9 Å². The van der Waals surface area contributed by atoms with Gasteiger partial charge in [-0.2, -0.15) is 0 Å². The normalized spacial score (nSPS) is 23.6. The fourth-order valence-corrected chi connectivity index (χ4v) is 3.36. The summed E-state index contributed by atoms with van der Waals surface area (Å²) in [7, 11) is 0. The summed E-state index contributed by atoms with van der Waals surface area (Å²) in [6.07, 6.45) is 2.49. The number of non-ortho nitro benzene ring substituents is 1. The number of rotatable bonds is 5. The van der Waals surface area contributed by atoms with E-state index in [2.05, 4.69) is 0 Å². The predicted molar refractivity (Wildman–Crippen MR) is 87.2 cm³/mol. The number of benzene rings is 1. The zero-order valence-corrected chi connectivity index (χ0v) is 13.7. The minimum absolute atomic E-state index is 0.0150. The van der Waals surface area contributed by atoms with Crippen LogP contribution in [0.5, 0.6) is 5.75 Å². The Morgan fingerprint density at radius 3 is 2.16 bits per heavy atom. The van der Waals surface area contributed by atoms with Crippen LogP contribution in [0.3, 0.4) is 0 Å². The summed E-state index contributed by atoms with van der Waals surface area (Å²) in [5.41, 5.74) is 0.0150. The third-order valence-corrected chi connectivity index (χ3v) is 5.01. The summed E-state index contributed by atoms with van der Waals surface area (Å²) in [4.78, 5) is 35.4. The van der Waals surface area contributed by atoms with Crippen LogP contribution < -0.4 is 4.74 Å². The van der Waals surface area contributed by atoms with Crippen molar-refractivity contribution in [2.75, 3.05) is 13.1 Å². The van der Waals surface area contributed by atoms with Crippen molar-refractivity contribution in [2.24, 2.45) is 11.8 Å². The Hall–Kier alpha value is -2.64. The summed E-state index contributed by atoms with van der Waals surface area (Å²) < 4.78 is 5.82. The number of nitrogens with zero attached hydrogens (tertiary/aromatic N) is 2. The molecule has 1 aromatic carbocycles. The number of hydrogen-bond donors (Lipinski definition) is 1. The Balaban J connectivity index is 1.49. The number of likely N-dealkylation sites (tertiary alicyclic amines) is 1. The first-order valence-electron chi connectivity index (χ1n) is 8.38. The highest BCUT2D eigenvalue weighted by Crippen LogP contribution is 2.36. The lowest BCUT2D eigenvalue weighted by atomic mass is 9.72. The van der Waals surface area contributed by atoms with E-state index in [4.69, 9.17) is 9.84 Å². The number of aliphatic carboxylic acids is 1. The molecule has 2 aliphatic rings. The van der Waals surface area contributed by atoms with E-state index in [9.17, 15) is 19.7 Å². The average molecular weight is 348 g/mol. The van der Waals surface area contributed by atoms with Crippen LogP contribution in [-0.2, 0) is 9.59 Å². The highest BCUT2D eigenvalue weighted by molar-refractivity contribution is 5.86. The van der Waals surface area contributed by atoms with Gasteiger partial charge in [-0.15, -0.1) is 0 Å². The van der Waals surface area contributed by atoms with Crippen LogP contribution in [-0.4, -0.2) is 46.0 Å². The molecule has 1 saturated carbocycles. The topological polar surface area (TPSA) is 110 Å². The van der Waals surface area contributed by atoms with E-state index >= 15 is 0 Å². The minimum Gasteiger partial charge on any atom is -0.490 e. The zero-order chi connectivity index (χ0) is 18.0. The standard InChI is InChI=1S/C17H20N2O6/c20-16(14-5-6-15(14)17(21)22)18-9-7-13(8-10-18)25-12-3-1-11(2-4-12)19(23)24/h1-4,13-15H,5-10H2,(H,21,22). The van der Waals surface area contributed by atoms with Gasteiger partial charge >= 0.3 is 5.97 Å². The molecule has 8 heteroatoms. The third kappa shape index (κ3) is 3.72. The maximum atomic E-state index is 12.4. The number of nitro benzene ring substituents is 1.